The molecule has 166 valence electrons. The molecule has 2 rings (SSSR count). The van der Waals surface area contributed by atoms with Gasteiger partial charge in [-0.05, 0) is 18.1 Å². The van der Waals surface area contributed by atoms with Crippen LogP contribution in [0.25, 0.3) is 0 Å². The Labute approximate surface area is 181 Å². The maximum absolute atomic E-state index is 12.5. The van der Waals surface area contributed by atoms with Crippen molar-refractivity contribution in [2.75, 3.05) is 39.0 Å². The van der Waals surface area contributed by atoms with E-state index in [4.69, 9.17) is 16.3 Å². The summed E-state index contributed by atoms with van der Waals surface area (Å²) in [6.07, 6.45) is 1.12. The zero-order valence-electron chi connectivity index (χ0n) is 17.1. The molecule has 1 heterocycles. The fourth-order valence-corrected chi connectivity index (χ4v) is 3.99. The van der Waals surface area contributed by atoms with Crippen molar-refractivity contribution in [3.63, 3.8) is 0 Å². The van der Waals surface area contributed by atoms with Gasteiger partial charge in [-0.25, -0.2) is 13.2 Å². The number of hydrogen-bond acceptors (Lipinski definition) is 6. The number of hydrogen-bond donors (Lipinski definition) is 1. The first-order valence-electron chi connectivity index (χ1n) is 9.45. The fraction of sp³-hybridized carbons (Fsp3) is 0.526. The second-order valence-electron chi connectivity index (χ2n) is 7.33. The first-order valence-corrected chi connectivity index (χ1v) is 11.7. The van der Waals surface area contributed by atoms with E-state index in [1.807, 2.05) is 0 Å². The molecule has 1 aliphatic rings. The zero-order valence-corrected chi connectivity index (χ0v) is 18.7. The number of sulfonamides is 1. The topological polar surface area (TPSA) is 113 Å². The summed E-state index contributed by atoms with van der Waals surface area (Å²) in [5.74, 6) is -1.94. The molecule has 0 bridgehead atoms. The number of benzene rings is 1. The van der Waals surface area contributed by atoms with E-state index in [9.17, 15) is 22.8 Å². The van der Waals surface area contributed by atoms with Gasteiger partial charge in [0.1, 0.15) is 6.04 Å². The van der Waals surface area contributed by atoms with E-state index >= 15 is 0 Å². The lowest BCUT2D eigenvalue weighted by atomic mass is 10.0. The largest absolute Gasteiger partial charge is 0.454 e. The molecule has 0 radical (unpaired) electrons. The molecular formula is C19H26ClN3O6S. The Morgan fingerprint density at radius 1 is 1.13 bits per heavy atom. The summed E-state index contributed by atoms with van der Waals surface area (Å²) in [6.45, 7) is 3.83. The van der Waals surface area contributed by atoms with Gasteiger partial charge in [0.2, 0.25) is 10.0 Å². The van der Waals surface area contributed by atoms with Crippen LogP contribution in [0.4, 0.5) is 0 Å². The highest BCUT2D eigenvalue weighted by Gasteiger charge is 2.29. The Morgan fingerprint density at radius 2 is 1.73 bits per heavy atom. The Kier molecular flexibility index (Phi) is 8.22. The highest BCUT2D eigenvalue weighted by Crippen LogP contribution is 2.16. The second-order valence-corrected chi connectivity index (χ2v) is 9.72. The number of carbonyl (C=O) groups is 3. The molecule has 9 nitrogen and oxygen atoms in total. The number of amides is 2. The molecule has 1 aliphatic heterocycles. The van der Waals surface area contributed by atoms with Gasteiger partial charge in [0, 0.05) is 26.2 Å². The summed E-state index contributed by atoms with van der Waals surface area (Å²) in [5, 5.41) is 2.86. The summed E-state index contributed by atoms with van der Waals surface area (Å²) in [5.41, 5.74) is 0.234. The van der Waals surface area contributed by atoms with Crippen molar-refractivity contribution < 1.29 is 27.5 Å². The molecule has 0 unspecified atom stereocenters. The van der Waals surface area contributed by atoms with E-state index in [1.165, 1.54) is 9.21 Å². The second kappa shape index (κ2) is 10.2. The van der Waals surface area contributed by atoms with Gasteiger partial charge >= 0.3 is 5.97 Å². The van der Waals surface area contributed by atoms with Crippen molar-refractivity contribution in [2.24, 2.45) is 5.92 Å². The third kappa shape index (κ3) is 6.41. The van der Waals surface area contributed by atoms with E-state index in [0.717, 1.165) is 6.26 Å². The summed E-state index contributed by atoms with van der Waals surface area (Å²) in [4.78, 5) is 38.7. The Balaban J connectivity index is 1.90. The van der Waals surface area contributed by atoms with Crippen molar-refractivity contribution >= 4 is 39.4 Å². The molecule has 1 aromatic carbocycles. The number of rotatable bonds is 7. The Bertz CT molecular complexity index is 897. The van der Waals surface area contributed by atoms with Crippen LogP contribution in [0.3, 0.4) is 0 Å². The van der Waals surface area contributed by atoms with Crippen LogP contribution in [-0.2, 0) is 24.3 Å². The average Bonchev–Trinajstić information content (AvgIpc) is 2.69. The lowest BCUT2D eigenvalue weighted by Gasteiger charge is -2.33. The lowest BCUT2D eigenvalue weighted by molar-refractivity contribution is -0.154. The van der Waals surface area contributed by atoms with E-state index in [1.54, 1.807) is 38.1 Å². The molecular weight excluding hydrogens is 434 g/mol. The minimum atomic E-state index is -3.30. The van der Waals surface area contributed by atoms with E-state index in [-0.39, 0.29) is 42.7 Å². The molecule has 30 heavy (non-hydrogen) atoms. The van der Waals surface area contributed by atoms with Crippen molar-refractivity contribution in [1.82, 2.24) is 14.5 Å². The number of nitrogens with zero attached hydrogens (tertiary/aromatic N) is 2. The van der Waals surface area contributed by atoms with E-state index in [2.05, 4.69) is 5.32 Å². The molecule has 1 saturated heterocycles. The predicted molar refractivity (Wildman–Crippen MR) is 112 cm³/mol. The number of esters is 1. The molecule has 1 N–H and O–H groups in total. The number of nitrogens with one attached hydrogen (secondary N) is 1. The Morgan fingerprint density at radius 3 is 2.27 bits per heavy atom. The third-order valence-corrected chi connectivity index (χ3v) is 6.36. The monoisotopic (exact) mass is 459 g/mol. The zero-order chi connectivity index (χ0) is 22.5. The van der Waals surface area contributed by atoms with Crippen LogP contribution in [0.5, 0.6) is 0 Å². The molecule has 0 aliphatic carbocycles. The molecule has 1 fully saturated rings. The van der Waals surface area contributed by atoms with Gasteiger partial charge < -0.3 is 15.0 Å². The average molecular weight is 460 g/mol. The number of ether oxygens (including phenoxy) is 1. The van der Waals surface area contributed by atoms with Gasteiger partial charge in [-0.2, -0.15) is 4.31 Å². The van der Waals surface area contributed by atoms with Crippen LogP contribution < -0.4 is 5.32 Å². The molecule has 0 saturated carbocycles. The van der Waals surface area contributed by atoms with Crippen LogP contribution in [0, 0.1) is 5.92 Å². The highest BCUT2D eigenvalue weighted by atomic mass is 35.5. The van der Waals surface area contributed by atoms with Crippen LogP contribution in [0.15, 0.2) is 24.3 Å². The van der Waals surface area contributed by atoms with Crippen molar-refractivity contribution in [2.45, 2.75) is 19.9 Å². The minimum Gasteiger partial charge on any atom is -0.454 e. The van der Waals surface area contributed by atoms with E-state index < -0.39 is 40.5 Å². The molecule has 1 atom stereocenters. The molecule has 2 amide bonds. The van der Waals surface area contributed by atoms with Crippen LogP contribution in [0.1, 0.15) is 24.2 Å². The van der Waals surface area contributed by atoms with E-state index in [0.29, 0.717) is 0 Å². The summed E-state index contributed by atoms with van der Waals surface area (Å²) in [6, 6.07) is 5.51. The normalized spacial score (nSPS) is 16.2. The minimum absolute atomic E-state index is 0.195. The molecule has 0 spiro atoms. The van der Waals surface area contributed by atoms with Gasteiger partial charge in [-0.15, -0.1) is 0 Å². The smallest absolute Gasteiger partial charge is 0.329 e. The van der Waals surface area contributed by atoms with Crippen LogP contribution in [-0.4, -0.2) is 80.5 Å². The Hall–Kier alpha value is -2.17. The van der Waals surface area contributed by atoms with Gasteiger partial charge in [-0.1, -0.05) is 37.6 Å². The van der Waals surface area contributed by atoms with Gasteiger partial charge in [-0.3, -0.25) is 9.59 Å². The van der Waals surface area contributed by atoms with Crippen molar-refractivity contribution in [1.29, 1.82) is 0 Å². The van der Waals surface area contributed by atoms with Crippen molar-refractivity contribution in [3.05, 3.63) is 34.9 Å². The summed E-state index contributed by atoms with van der Waals surface area (Å²) < 4.78 is 29.5. The first-order chi connectivity index (χ1) is 14.0. The van der Waals surface area contributed by atoms with Crippen LogP contribution >= 0.6 is 11.6 Å². The number of piperazine rings is 1. The third-order valence-electron chi connectivity index (χ3n) is 4.72. The predicted octanol–water partition coefficient (Wildman–Crippen LogP) is 0.741. The van der Waals surface area contributed by atoms with Gasteiger partial charge in [0.15, 0.2) is 6.61 Å². The summed E-state index contributed by atoms with van der Waals surface area (Å²) >= 11 is 6.02. The summed E-state index contributed by atoms with van der Waals surface area (Å²) in [7, 11) is -3.30. The first kappa shape index (κ1) is 24.1. The standard InChI is InChI=1S/C19H26ClN3O6S/c1-13(2)17(21-18(25)14-6-4-5-7-15(14)20)19(26)29-12-16(24)22-8-10-23(11-9-22)30(3,27)28/h4-7,13,17H,8-12H2,1-3H3,(H,21,25)/t17-/m0/s1. The molecule has 1 aromatic rings. The highest BCUT2D eigenvalue weighted by molar-refractivity contribution is 7.88. The molecule has 11 heteroatoms. The lowest BCUT2D eigenvalue weighted by Crippen LogP contribution is -2.51. The SMILES string of the molecule is CC(C)[C@H](NC(=O)c1ccccc1Cl)C(=O)OCC(=O)N1CCN(S(C)(=O)=O)CC1. The van der Waals surface area contributed by atoms with Crippen molar-refractivity contribution in [3.8, 4) is 0 Å². The maximum atomic E-state index is 12.5. The van der Waals surface area contributed by atoms with Crippen LogP contribution in [0.2, 0.25) is 5.02 Å². The van der Waals surface area contributed by atoms with Gasteiger partial charge in [0.05, 0.1) is 16.8 Å². The number of carbonyl (C=O) groups excluding carboxylic acids is 3. The quantitative estimate of drug-likeness (QED) is 0.602. The number of halogens is 1. The maximum Gasteiger partial charge on any atom is 0.329 e. The van der Waals surface area contributed by atoms with Gasteiger partial charge in [0.25, 0.3) is 11.8 Å². The fourth-order valence-electron chi connectivity index (χ4n) is 2.95. The molecule has 0 aromatic heterocycles.